The van der Waals surface area contributed by atoms with Crippen molar-refractivity contribution in [2.75, 3.05) is 19.8 Å². The highest BCUT2D eigenvalue weighted by Crippen LogP contribution is 2.01. The Morgan fingerprint density at radius 1 is 1.50 bits per heavy atom. The number of rotatable bonds is 9. The zero-order valence-electron chi connectivity index (χ0n) is 10.4. The van der Waals surface area contributed by atoms with Gasteiger partial charge in [0.2, 0.25) is 0 Å². The molecule has 0 saturated heterocycles. The van der Waals surface area contributed by atoms with Crippen LogP contribution in [0.4, 0.5) is 8.78 Å². The van der Waals surface area contributed by atoms with Crippen LogP contribution in [-0.4, -0.2) is 36.0 Å². The predicted molar refractivity (Wildman–Crippen MR) is 68.3 cm³/mol. The molecule has 1 N–H and O–H groups in total. The first-order valence-corrected chi connectivity index (χ1v) is 5.80. The minimum absolute atomic E-state index is 0. The lowest BCUT2D eigenvalue weighted by Gasteiger charge is -2.03. The molecule has 7 heteroatoms. The zero-order chi connectivity index (χ0) is 12.5. The van der Waals surface area contributed by atoms with Crippen molar-refractivity contribution in [2.45, 2.75) is 32.9 Å². The van der Waals surface area contributed by atoms with E-state index in [1.807, 2.05) is 6.92 Å². The van der Waals surface area contributed by atoms with Gasteiger partial charge in [0.25, 0.3) is 6.43 Å². The molecule has 0 fully saturated rings. The van der Waals surface area contributed by atoms with E-state index in [2.05, 4.69) is 10.4 Å². The maximum atomic E-state index is 12.1. The third kappa shape index (κ3) is 7.58. The third-order valence-corrected chi connectivity index (χ3v) is 2.19. The smallest absolute Gasteiger partial charge is 0.257 e. The van der Waals surface area contributed by atoms with Gasteiger partial charge in [-0.2, -0.15) is 5.10 Å². The van der Waals surface area contributed by atoms with Gasteiger partial charge in [-0.3, -0.25) is 4.68 Å². The van der Waals surface area contributed by atoms with Crippen LogP contribution >= 0.6 is 12.4 Å². The monoisotopic (exact) mass is 283 g/mol. The molecule has 0 saturated carbocycles. The lowest BCUT2D eigenvalue weighted by molar-refractivity contribution is 0.122. The molecule has 106 valence electrons. The molecule has 0 unspecified atom stereocenters. The van der Waals surface area contributed by atoms with Gasteiger partial charge in [-0.05, 0) is 19.9 Å². The standard InChI is InChI=1S/C11H19F2N3O.ClH/c1-2-17-5-3-4-14-6-10-7-15-16(8-10)9-11(12)13;/h7-8,11,14H,2-6,9H2,1H3;1H. The number of hydrogen-bond acceptors (Lipinski definition) is 3. The number of hydrogen-bond donors (Lipinski definition) is 1. The fourth-order valence-electron chi connectivity index (χ4n) is 1.42. The van der Waals surface area contributed by atoms with E-state index in [0.717, 1.165) is 31.7 Å². The first-order valence-electron chi connectivity index (χ1n) is 5.80. The predicted octanol–water partition coefficient (Wildman–Crippen LogP) is 2.09. The number of ether oxygens (including phenoxy) is 1. The second kappa shape index (κ2) is 10.2. The Hall–Kier alpha value is -0.720. The molecule has 0 atom stereocenters. The second-order valence-corrected chi connectivity index (χ2v) is 3.69. The van der Waals surface area contributed by atoms with Gasteiger partial charge in [-0.25, -0.2) is 8.78 Å². The van der Waals surface area contributed by atoms with Gasteiger partial charge in [-0.1, -0.05) is 0 Å². The van der Waals surface area contributed by atoms with Gasteiger partial charge in [0.05, 0.1) is 6.20 Å². The zero-order valence-corrected chi connectivity index (χ0v) is 11.3. The van der Waals surface area contributed by atoms with E-state index in [-0.39, 0.29) is 19.0 Å². The molecule has 1 heterocycles. The average Bonchev–Trinajstić information content (AvgIpc) is 2.70. The summed E-state index contributed by atoms with van der Waals surface area (Å²) in [4.78, 5) is 0. The summed E-state index contributed by atoms with van der Waals surface area (Å²) < 4.78 is 30.6. The molecule has 0 spiro atoms. The van der Waals surface area contributed by atoms with Crippen LogP contribution < -0.4 is 5.32 Å². The van der Waals surface area contributed by atoms with E-state index in [0.29, 0.717) is 6.54 Å². The Labute approximate surface area is 112 Å². The third-order valence-electron chi connectivity index (χ3n) is 2.19. The van der Waals surface area contributed by atoms with E-state index in [1.165, 1.54) is 4.68 Å². The highest BCUT2D eigenvalue weighted by Gasteiger charge is 2.05. The van der Waals surface area contributed by atoms with Gasteiger partial charge in [0.15, 0.2) is 0 Å². The molecule has 0 aliphatic carbocycles. The molecular weight excluding hydrogens is 264 g/mol. The van der Waals surface area contributed by atoms with Crippen LogP contribution in [-0.2, 0) is 17.8 Å². The van der Waals surface area contributed by atoms with Crippen molar-refractivity contribution in [1.29, 1.82) is 0 Å². The van der Waals surface area contributed by atoms with Crippen molar-refractivity contribution in [1.82, 2.24) is 15.1 Å². The number of aromatic nitrogens is 2. The fourth-order valence-corrected chi connectivity index (χ4v) is 1.42. The van der Waals surface area contributed by atoms with Crippen molar-refractivity contribution in [3.63, 3.8) is 0 Å². The summed E-state index contributed by atoms with van der Waals surface area (Å²) >= 11 is 0. The Balaban J connectivity index is 0.00000289. The van der Waals surface area contributed by atoms with Crippen LogP contribution in [0.5, 0.6) is 0 Å². The summed E-state index contributed by atoms with van der Waals surface area (Å²) in [5.74, 6) is 0. The number of nitrogens with zero attached hydrogens (tertiary/aromatic N) is 2. The molecule has 0 amide bonds. The molecular formula is C11H20ClF2N3O. The van der Waals surface area contributed by atoms with E-state index in [9.17, 15) is 8.78 Å². The van der Waals surface area contributed by atoms with Crippen LogP contribution in [0.1, 0.15) is 18.9 Å². The fraction of sp³-hybridized carbons (Fsp3) is 0.727. The first-order chi connectivity index (χ1) is 8.22. The van der Waals surface area contributed by atoms with E-state index < -0.39 is 6.43 Å². The van der Waals surface area contributed by atoms with Gasteiger partial charge in [-0.15, -0.1) is 12.4 Å². The number of alkyl halides is 2. The summed E-state index contributed by atoms with van der Waals surface area (Å²) in [7, 11) is 0. The summed E-state index contributed by atoms with van der Waals surface area (Å²) in [6.45, 7) is 4.60. The molecule has 18 heavy (non-hydrogen) atoms. The summed E-state index contributed by atoms with van der Waals surface area (Å²) in [6.07, 6.45) is 1.83. The minimum atomic E-state index is -2.36. The topological polar surface area (TPSA) is 39.1 Å². The largest absolute Gasteiger partial charge is 0.382 e. The van der Waals surface area contributed by atoms with Crippen LogP contribution in [0.2, 0.25) is 0 Å². The lowest BCUT2D eigenvalue weighted by atomic mass is 10.3. The Kier molecular flexibility index (Phi) is 9.82. The maximum absolute atomic E-state index is 12.1. The van der Waals surface area contributed by atoms with Crippen LogP contribution in [0.3, 0.4) is 0 Å². The van der Waals surface area contributed by atoms with Gasteiger partial charge in [0, 0.05) is 31.5 Å². The molecule has 0 aliphatic heterocycles. The van der Waals surface area contributed by atoms with E-state index >= 15 is 0 Å². The van der Waals surface area contributed by atoms with Gasteiger partial charge in [0.1, 0.15) is 6.54 Å². The minimum Gasteiger partial charge on any atom is -0.382 e. The molecule has 4 nitrogen and oxygen atoms in total. The molecule has 0 radical (unpaired) electrons. The summed E-state index contributed by atoms with van der Waals surface area (Å²) in [5.41, 5.74) is 0.919. The van der Waals surface area contributed by atoms with E-state index in [4.69, 9.17) is 4.74 Å². The van der Waals surface area contributed by atoms with Crippen LogP contribution in [0.15, 0.2) is 12.4 Å². The molecule has 1 aromatic rings. The number of halogens is 3. The Morgan fingerprint density at radius 3 is 2.94 bits per heavy atom. The molecule has 1 rings (SSSR count). The highest BCUT2D eigenvalue weighted by molar-refractivity contribution is 5.85. The van der Waals surface area contributed by atoms with Crippen LogP contribution in [0.25, 0.3) is 0 Å². The Morgan fingerprint density at radius 2 is 2.28 bits per heavy atom. The average molecular weight is 284 g/mol. The second-order valence-electron chi connectivity index (χ2n) is 3.69. The van der Waals surface area contributed by atoms with Crippen molar-refractivity contribution in [3.8, 4) is 0 Å². The summed E-state index contributed by atoms with van der Waals surface area (Å²) in [5, 5.41) is 7.06. The summed E-state index contributed by atoms with van der Waals surface area (Å²) in [6, 6.07) is 0. The molecule has 1 aromatic heterocycles. The SMILES string of the molecule is CCOCCCNCc1cnn(CC(F)F)c1.Cl. The number of nitrogens with one attached hydrogen (secondary N) is 1. The molecule has 0 aromatic carbocycles. The molecule has 0 bridgehead atoms. The van der Waals surface area contributed by atoms with Crippen molar-refractivity contribution in [3.05, 3.63) is 18.0 Å². The van der Waals surface area contributed by atoms with Crippen molar-refractivity contribution in [2.24, 2.45) is 0 Å². The Bertz CT molecular complexity index is 310. The normalized spacial score (nSPS) is 10.7. The highest BCUT2D eigenvalue weighted by atomic mass is 35.5. The van der Waals surface area contributed by atoms with Crippen LogP contribution in [0, 0.1) is 0 Å². The lowest BCUT2D eigenvalue weighted by Crippen LogP contribution is -2.16. The van der Waals surface area contributed by atoms with E-state index in [1.54, 1.807) is 12.4 Å². The van der Waals surface area contributed by atoms with Gasteiger partial charge < -0.3 is 10.1 Å². The van der Waals surface area contributed by atoms with Crippen molar-refractivity contribution >= 4 is 12.4 Å². The maximum Gasteiger partial charge on any atom is 0.257 e. The first kappa shape index (κ1) is 17.3. The molecule has 0 aliphatic rings. The van der Waals surface area contributed by atoms with Crippen molar-refractivity contribution < 1.29 is 13.5 Å². The van der Waals surface area contributed by atoms with Gasteiger partial charge >= 0.3 is 0 Å². The quantitative estimate of drug-likeness (QED) is 0.706.